The van der Waals surface area contributed by atoms with Gasteiger partial charge in [-0.15, -0.1) is 23.2 Å². The van der Waals surface area contributed by atoms with Crippen LogP contribution in [0, 0.1) is 0 Å². The van der Waals surface area contributed by atoms with Crippen molar-refractivity contribution >= 4 is 35.0 Å². The molecular weight excluding hydrogens is 279 g/mol. The number of amides is 2. The van der Waals surface area contributed by atoms with E-state index in [-0.39, 0.29) is 0 Å². The number of nitrogens with one attached hydrogen (secondary N) is 4. The molecule has 0 rings (SSSR count). The van der Waals surface area contributed by atoms with Crippen LogP contribution in [0.2, 0.25) is 0 Å². The Balaban J connectivity index is 3.43. The molecule has 0 aromatic rings. The average Bonchev–Trinajstić information content (AvgIpc) is 2.37. The molecule has 0 fully saturated rings. The Morgan fingerprint density at radius 1 is 0.667 bits per heavy atom. The molecule has 8 heteroatoms. The monoisotopic (exact) mass is 298 g/mol. The highest BCUT2D eigenvalue weighted by molar-refractivity contribution is 6.35. The van der Waals surface area contributed by atoms with Crippen molar-refractivity contribution in [3.63, 3.8) is 0 Å². The predicted molar refractivity (Wildman–Crippen MR) is 73.2 cm³/mol. The number of carbonyl (C=O) groups is 2. The molecular formula is C10H20Cl2N4O2. The van der Waals surface area contributed by atoms with E-state index in [1.165, 1.54) is 0 Å². The van der Waals surface area contributed by atoms with Gasteiger partial charge in [0.05, 0.1) is 0 Å². The van der Waals surface area contributed by atoms with E-state index in [2.05, 4.69) is 21.3 Å². The van der Waals surface area contributed by atoms with Crippen LogP contribution in [0.3, 0.4) is 0 Å². The molecule has 0 saturated carbocycles. The molecule has 0 aliphatic heterocycles. The molecule has 0 aromatic heterocycles. The molecule has 0 unspecified atom stereocenters. The second kappa shape index (κ2) is 12.9. The lowest BCUT2D eigenvalue weighted by atomic mass is 10.5. The molecule has 0 aliphatic carbocycles. The average molecular weight is 299 g/mol. The fourth-order valence-electron chi connectivity index (χ4n) is 1.07. The normalized spacial score (nSPS) is 10.1. The third-order valence-electron chi connectivity index (χ3n) is 1.92. The van der Waals surface area contributed by atoms with Gasteiger partial charge in [-0.3, -0.25) is 9.59 Å². The first kappa shape index (κ1) is 17.4. The maximum atomic E-state index is 11.3. The van der Waals surface area contributed by atoms with E-state index in [0.717, 1.165) is 0 Å². The first-order chi connectivity index (χ1) is 8.72. The first-order valence-electron chi connectivity index (χ1n) is 5.81. The Labute approximate surface area is 117 Å². The molecule has 0 atom stereocenters. The summed E-state index contributed by atoms with van der Waals surface area (Å²) in [6.45, 7) is 3.32. The van der Waals surface area contributed by atoms with Gasteiger partial charge in [-0.25, -0.2) is 0 Å². The van der Waals surface area contributed by atoms with Crippen LogP contribution in [0.1, 0.15) is 0 Å². The Morgan fingerprint density at radius 2 is 1.06 bits per heavy atom. The van der Waals surface area contributed by atoms with Crippen molar-refractivity contribution in [2.75, 3.05) is 51.0 Å². The summed E-state index contributed by atoms with van der Waals surface area (Å²) in [7, 11) is 0. The summed E-state index contributed by atoms with van der Waals surface area (Å²) in [4.78, 5) is 22.6. The van der Waals surface area contributed by atoms with Crippen molar-refractivity contribution < 1.29 is 9.59 Å². The van der Waals surface area contributed by atoms with Crippen molar-refractivity contribution in [2.24, 2.45) is 0 Å². The third-order valence-corrected chi connectivity index (χ3v) is 2.30. The van der Waals surface area contributed by atoms with Crippen LogP contribution in [-0.2, 0) is 9.59 Å². The van der Waals surface area contributed by atoms with Crippen LogP contribution in [0.25, 0.3) is 0 Å². The number of hydrogen-bond donors (Lipinski definition) is 4. The number of halogens is 2. The molecule has 0 aliphatic rings. The van der Waals surface area contributed by atoms with Crippen molar-refractivity contribution in [2.45, 2.75) is 0 Å². The fraction of sp³-hybridized carbons (Fsp3) is 0.800. The number of rotatable bonds is 10. The topological polar surface area (TPSA) is 82.3 Å². The minimum absolute atomic E-state index is 0.396. The predicted octanol–water partition coefficient (Wildman–Crippen LogP) is -1.12. The van der Waals surface area contributed by atoms with Crippen molar-refractivity contribution in [3.8, 4) is 0 Å². The molecule has 0 bridgehead atoms. The van der Waals surface area contributed by atoms with Gasteiger partial charge >= 0.3 is 11.8 Å². The highest BCUT2D eigenvalue weighted by Crippen LogP contribution is 1.72. The van der Waals surface area contributed by atoms with Gasteiger partial charge in [0.1, 0.15) is 0 Å². The van der Waals surface area contributed by atoms with Gasteiger partial charge in [-0.05, 0) is 0 Å². The lowest BCUT2D eigenvalue weighted by Crippen LogP contribution is -2.44. The Hall–Kier alpha value is -0.560. The highest BCUT2D eigenvalue weighted by atomic mass is 35.5. The van der Waals surface area contributed by atoms with Crippen LogP contribution in [0.5, 0.6) is 0 Å². The quantitative estimate of drug-likeness (QED) is 0.234. The standard InChI is InChI=1S/C10H20Cl2N4O2/c11-1-3-13-5-7-15-9(17)10(18)16-8-6-14-4-2-12/h13-14H,1-8H2,(H,15,17)(H,16,18). The van der Waals surface area contributed by atoms with Gasteiger partial charge in [0.2, 0.25) is 0 Å². The molecule has 6 nitrogen and oxygen atoms in total. The number of alkyl halides is 2. The maximum absolute atomic E-state index is 11.3. The van der Waals surface area contributed by atoms with Crippen molar-refractivity contribution in [1.29, 1.82) is 0 Å². The van der Waals surface area contributed by atoms with Gasteiger partial charge in [-0.1, -0.05) is 0 Å². The molecule has 2 amide bonds. The van der Waals surface area contributed by atoms with E-state index < -0.39 is 11.8 Å². The summed E-state index contributed by atoms with van der Waals surface area (Å²) in [6.07, 6.45) is 0. The van der Waals surface area contributed by atoms with Crippen LogP contribution in [-0.4, -0.2) is 62.8 Å². The summed E-state index contributed by atoms with van der Waals surface area (Å²) < 4.78 is 0. The van der Waals surface area contributed by atoms with Gasteiger partial charge in [-0.2, -0.15) is 0 Å². The molecule has 18 heavy (non-hydrogen) atoms. The molecule has 4 N–H and O–H groups in total. The minimum Gasteiger partial charge on any atom is -0.347 e. The van der Waals surface area contributed by atoms with Crippen LogP contribution in [0.15, 0.2) is 0 Å². The molecule has 0 saturated heterocycles. The fourth-order valence-corrected chi connectivity index (χ4v) is 1.34. The smallest absolute Gasteiger partial charge is 0.309 e. The largest absolute Gasteiger partial charge is 0.347 e. The summed E-state index contributed by atoms with van der Waals surface area (Å²) in [5.41, 5.74) is 0. The summed E-state index contributed by atoms with van der Waals surface area (Å²) in [5.74, 6) is -0.215. The van der Waals surface area contributed by atoms with E-state index in [4.69, 9.17) is 23.2 Å². The molecule has 0 radical (unpaired) electrons. The molecule has 106 valence electrons. The van der Waals surface area contributed by atoms with Crippen LogP contribution < -0.4 is 21.3 Å². The summed E-state index contributed by atoms with van der Waals surface area (Å²) in [6, 6.07) is 0. The van der Waals surface area contributed by atoms with E-state index >= 15 is 0 Å². The second-order valence-corrected chi connectivity index (χ2v) is 4.15. The van der Waals surface area contributed by atoms with E-state index in [1.54, 1.807) is 0 Å². The Bertz CT molecular complexity index is 218. The summed E-state index contributed by atoms with van der Waals surface area (Å²) in [5, 5.41) is 11.0. The van der Waals surface area contributed by atoms with Crippen molar-refractivity contribution in [1.82, 2.24) is 21.3 Å². The van der Waals surface area contributed by atoms with Gasteiger partial charge in [0.15, 0.2) is 0 Å². The molecule has 0 spiro atoms. The lowest BCUT2D eigenvalue weighted by Gasteiger charge is -2.07. The first-order valence-corrected chi connectivity index (χ1v) is 6.88. The zero-order valence-corrected chi connectivity index (χ0v) is 11.7. The van der Waals surface area contributed by atoms with E-state index in [9.17, 15) is 9.59 Å². The van der Waals surface area contributed by atoms with Crippen molar-refractivity contribution in [3.05, 3.63) is 0 Å². The Kier molecular flexibility index (Phi) is 12.5. The second-order valence-electron chi connectivity index (χ2n) is 3.39. The van der Waals surface area contributed by atoms with E-state index in [1.807, 2.05) is 0 Å². The molecule has 0 aromatic carbocycles. The lowest BCUT2D eigenvalue weighted by molar-refractivity contribution is -0.139. The third kappa shape index (κ3) is 10.6. The zero-order chi connectivity index (χ0) is 13.6. The van der Waals surface area contributed by atoms with Gasteiger partial charge < -0.3 is 21.3 Å². The highest BCUT2D eigenvalue weighted by Gasteiger charge is 2.10. The number of hydrogen-bond acceptors (Lipinski definition) is 4. The van der Waals surface area contributed by atoms with E-state index in [0.29, 0.717) is 51.0 Å². The Morgan fingerprint density at radius 3 is 1.39 bits per heavy atom. The molecule has 0 heterocycles. The van der Waals surface area contributed by atoms with Crippen LogP contribution >= 0.6 is 23.2 Å². The zero-order valence-electron chi connectivity index (χ0n) is 10.2. The SMILES string of the molecule is O=C(NCCNCCCl)C(=O)NCCNCCCl. The minimum atomic E-state index is -0.625. The van der Waals surface area contributed by atoms with Crippen LogP contribution in [0.4, 0.5) is 0 Å². The van der Waals surface area contributed by atoms with Gasteiger partial charge in [0, 0.05) is 51.0 Å². The number of carbonyl (C=O) groups excluding carboxylic acids is 2. The summed E-state index contributed by atoms with van der Waals surface area (Å²) >= 11 is 10.9. The maximum Gasteiger partial charge on any atom is 0.309 e. The van der Waals surface area contributed by atoms with Gasteiger partial charge in [0.25, 0.3) is 0 Å².